The van der Waals surface area contributed by atoms with Gasteiger partial charge in [-0.3, -0.25) is 15.0 Å². The summed E-state index contributed by atoms with van der Waals surface area (Å²) in [6.45, 7) is 7.60. The van der Waals surface area contributed by atoms with E-state index in [1.807, 2.05) is 12.1 Å². The molecule has 0 saturated carbocycles. The molecule has 0 radical (unpaired) electrons. The zero-order valence-corrected chi connectivity index (χ0v) is 10.2. The van der Waals surface area contributed by atoms with Crippen molar-refractivity contribution in [3.8, 4) is 0 Å². The lowest BCUT2D eigenvalue weighted by molar-refractivity contribution is -0.384. The van der Waals surface area contributed by atoms with E-state index in [0.717, 1.165) is 31.7 Å². The smallest absolute Gasteiger partial charge is 0.269 e. The molecule has 1 aliphatic heterocycles. The highest BCUT2D eigenvalue weighted by atomic mass is 16.6. The first-order chi connectivity index (χ1) is 8.72. The minimum absolute atomic E-state index is 0.0481. The molecule has 96 valence electrons. The van der Waals surface area contributed by atoms with Gasteiger partial charge in [-0.05, 0) is 5.56 Å². The maximum absolute atomic E-state index is 10.8. The maximum atomic E-state index is 10.8. The fraction of sp³-hybridized carbons (Fsp3) is 0.385. The van der Waals surface area contributed by atoms with Crippen LogP contribution in [0.3, 0.4) is 0 Å². The van der Waals surface area contributed by atoms with Crippen molar-refractivity contribution in [2.45, 2.75) is 6.04 Å². The van der Waals surface area contributed by atoms with Crippen LogP contribution in [-0.4, -0.2) is 36.0 Å². The van der Waals surface area contributed by atoms with Crippen LogP contribution in [0.25, 0.3) is 0 Å². The van der Waals surface area contributed by atoms with E-state index in [1.165, 1.54) is 6.07 Å². The molecule has 5 heteroatoms. The first-order valence-corrected chi connectivity index (χ1v) is 6.04. The van der Waals surface area contributed by atoms with E-state index < -0.39 is 0 Å². The topological polar surface area (TPSA) is 58.4 Å². The second kappa shape index (κ2) is 5.75. The number of benzene rings is 1. The third-order valence-corrected chi connectivity index (χ3v) is 3.19. The highest BCUT2D eigenvalue weighted by Gasteiger charge is 2.20. The summed E-state index contributed by atoms with van der Waals surface area (Å²) >= 11 is 0. The van der Waals surface area contributed by atoms with Gasteiger partial charge in [-0.15, -0.1) is 6.58 Å². The summed E-state index contributed by atoms with van der Waals surface area (Å²) in [4.78, 5) is 12.7. The Labute approximate surface area is 106 Å². The summed E-state index contributed by atoms with van der Waals surface area (Å²) in [6, 6.07) is 6.84. The van der Waals surface area contributed by atoms with Crippen molar-refractivity contribution < 1.29 is 4.92 Å². The number of nitro groups is 1. The fourth-order valence-corrected chi connectivity index (χ4v) is 2.28. The zero-order chi connectivity index (χ0) is 13.0. The second-order valence-electron chi connectivity index (χ2n) is 4.32. The van der Waals surface area contributed by atoms with Gasteiger partial charge in [0.2, 0.25) is 0 Å². The standard InChI is InChI=1S/C13H17N3O2/c1-2-13(15-8-6-14-7-9-15)11-4-3-5-12(10-11)16(17)18/h2-5,10,13-14H,1,6-9H2/t13-/m0/s1. The molecular formula is C13H17N3O2. The molecule has 0 unspecified atom stereocenters. The molecule has 1 aliphatic rings. The molecule has 0 aliphatic carbocycles. The summed E-state index contributed by atoms with van der Waals surface area (Å²) in [7, 11) is 0. The zero-order valence-electron chi connectivity index (χ0n) is 10.2. The predicted octanol–water partition coefficient (Wildman–Crippen LogP) is 1.73. The SMILES string of the molecule is C=C[C@@H](c1cccc([N+](=O)[O-])c1)N1CCNCC1. The molecule has 1 fully saturated rings. The minimum Gasteiger partial charge on any atom is -0.314 e. The molecule has 1 N–H and O–H groups in total. The number of nitrogens with one attached hydrogen (secondary N) is 1. The molecule has 2 rings (SSSR count). The lowest BCUT2D eigenvalue weighted by Gasteiger charge is -2.33. The van der Waals surface area contributed by atoms with Crippen molar-refractivity contribution in [1.82, 2.24) is 10.2 Å². The molecule has 0 bridgehead atoms. The van der Waals surface area contributed by atoms with Gasteiger partial charge in [0.05, 0.1) is 11.0 Å². The Hall–Kier alpha value is -1.72. The molecule has 0 aromatic heterocycles. The molecule has 1 atom stereocenters. The molecule has 1 saturated heterocycles. The molecule has 1 aromatic rings. The van der Waals surface area contributed by atoms with Gasteiger partial charge in [0.25, 0.3) is 5.69 Å². The van der Waals surface area contributed by atoms with Crippen LogP contribution in [0, 0.1) is 10.1 Å². The Balaban J connectivity index is 2.23. The van der Waals surface area contributed by atoms with Crippen LogP contribution in [0.5, 0.6) is 0 Å². The molecule has 1 heterocycles. The summed E-state index contributed by atoms with van der Waals surface area (Å²) in [5.74, 6) is 0. The number of hydrogen-bond acceptors (Lipinski definition) is 4. The highest BCUT2D eigenvalue weighted by molar-refractivity contribution is 5.37. The first-order valence-electron chi connectivity index (χ1n) is 6.04. The normalized spacial score (nSPS) is 18.2. The molecule has 0 spiro atoms. The summed E-state index contributed by atoms with van der Waals surface area (Å²) in [5, 5.41) is 14.1. The van der Waals surface area contributed by atoms with Crippen molar-refractivity contribution in [2.75, 3.05) is 26.2 Å². The third kappa shape index (κ3) is 2.75. The van der Waals surface area contributed by atoms with E-state index in [-0.39, 0.29) is 16.7 Å². The number of nitro benzene ring substituents is 1. The van der Waals surface area contributed by atoms with E-state index in [0.29, 0.717) is 0 Å². The van der Waals surface area contributed by atoms with Gasteiger partial charge in [-0.2, -0.15) is 0 Å². The highest BCUT2D eigenvalue weighted by Crippen LogP contribution is 2.25. The van der Waals surface area contributed by atoms with E-state index in [4.69, 9.17) is 0 Å². The monoisotopic (exact) mass is 247 g/mol. The van der Waals surface area contributed by atoms with Crippen molar-refractivity contribution in [3.63, 3.8) is 0 Å². The molecular weight excluding hydrogens is 230 g/mol. The Bertz CT molecular complexity index is 442. The third-order valence-electron chi connectivity index (χ3n) is 3.19. The Kier molecular flexibility index (Phi) is 4.07. The first kappa shape index (κ1) is 12.7. The molecule has 0 amide bonds. The molecule has 5 nitrogen and oxygen atoms in total. The lowest BCUT2D eigenvalue weighted by atomic mass is 10.0. The lowest BCUT2D eigenvalue weighted by Crippen LogP contribution is -2.44. The van der Waals surface area contributed by atoms with Crippen molar-refractivity contribution >= 4 is 5.69 Å². The summed E-state index contributed by atoms with van der Waals surface area (Å²) in [5.41, 5.74) is 1.07. The van der Waals surface area contributed by atoms with Crippen LogP contribution in [-0.2, 0) is 0 Å². The Morgan fingerprint density at radius 3 is 2.78 bits per heavy atom. The van der Waals surface area contributed by atoms with E-state index >= 15 is 0 Å². The van der Waals surface area contributed by atoms with Gasteiger partial charge in [0.1, 0.15) is 0 Å². The van der Waals surface area contributed by atoms with E-state index in [2.05, 4.69) is 16.8 Å². The van der Waals surface area contributed by atoms with Crippen molar-refractivity contribution in [3.05, 3.63) is 52.6 Å². The van der Waals surface area contributed by atoms with E-state index in [1.54, 1.807) is 12.1 Å². The number of non-ortho nitro benzene ring substituents is 1. The van der Waals surface area contributed by atoms with Gasteiger partial charge in [-0.25, -0.2) is 0 Å². The molecule has 18 heavy (non-hydrogen) atoms. The second-order valence-corrected chi connectivity index (χ2v) is 4.32. The van der Waals surface area contributed by atoms with Gasteiger partial charge in [0, 0.05) is 38.3 Å². The predicted molar refractivity (Wildman–Crippen MR) is 70.5 cm³/mol. The van der Waals surface area contributed by atoms with Crippen LogP contribution in [0.4, 0.5) is 5.69 Å². The van der Waals surface area contributed by atoms with Crippen molar-refractivity contribution in [1.29, 1.82) is 0 Å². The van der Waals surface area contributed by atoms with Crippen LogP contribution < -0.4 is 5.32 Å². The number of hydrogen-bond donors (Lipinski definition) is 1. The fourth-order valence-electron chi connectivity index (χ4n) is 2.28. The number of piperazine rings is 1. The summed E-state index contributed by atoms with van der Waals surface area (Å²) < 4.78 is 0. The maximum Gasteiger partial charge on any atom is 0.269 e. The Morgan fingerprint density at radius 1 is 1.44 bits per heavy atom. The van der Waals surface area contributed by atoms with Gasteiger partial charge in [0.15, 0.2) is 0 Å². The quantitative estimate of drug-likeness (QED) is 0.500. The average Bonchev–Trinajstić information content (AvgIpc) is 2.41. The van der Waals surface area contributed by atoms with Crippen LogP contribution in [0.2, 0.25) is 0 Å². The minimum atomic E-state index is -0.360. The van der Waals surface area contributed by atoms with Crippen molar-refractivity contribution in [2.24, 2.45) is 0 Å². The number of nitrogens with zero attached hydrogens (tertiary/aromatic N) is 2. The van der Waals surface area contributed by atoms with Gasteiger partial charge < -0.3 is 5.32 Å². The van der Waals surface area contributed by atoms with Crippen LogP contribution >= 0.6 is 0 Å². The Morgan fingerprint density at radius 2 is 2.17 bits per heavy atom. The van der Waals surface area contributed by atoms with E-state index in [9.17, 15) is 10.1 Å². The van der Waals surface area contributed by atoms with Gasteiger partial charge in [-0.1, -0.05) is 18.2 Å². The van der Waals surface area contributed by atoms with Gasteiger partial charge >= 0.3 is 0 Å². The van der Waals surface area contributed by atoms with Crippen LogP contribution in [0.1, 0.15) is 11.6 Å². The largest absolute Gasteiger partial charge is 0.314 e. The summed E-state index contributed by atoms with van der Waals surface area (Å²) in [6.07, 6.45) is 1.85. The van der Waals surface area contributed by atoms with Crippen LogP contribution in [0.15, 0.2) is 36.9 Å². The number of rotatable bonds is 4. The average molecular weight is 247 g/mol. The molecule has 1 aromatic carbocycles.